The molecule has 1 aromatic rings. The fourth-order valence-corrected chi connectivity index (χ4v) is 2.85. The van der Waals surface area contributed by atoms with Gasteiger partial charge in [-0.1, -0.05) is 6.92 Å². The Bertz CT molecular complexity index is 469. The SMILES string of the molecule is CCCNc1cc(N(C)CC2(N(C)C)CCC2)nc(N)n1. The molecule has 0 bridgehead atoms. The van der Waals surface area contributed by atoms with E-state index in [1.165, 1.54) is 19.3 Å². The van der Waals surface area contributed by atoms with Gasteiger partial charge in [0, 0.05) is 31.7 Å². The Morgan fingerprint density at radius 3 is 2.52 bits per heavy atom. The van der Waals surface area contributed by atoms with Gasteiger partial charge in [0.2, 0.25) is 5.95 Å². The summed E-state index contributed by atoms with van der Waals surface area (Å²) in [6.07, 6.45) is 4.84. The lowest BCUT2D eigenvalue weighted by Gasteiger charge is -2.49. The average molecular weight is 292 g/mol. The van der Waals surface area contributed by atoms with Gasteiger partial charge in [-0.05, 0) is 39.8 Å². The standard InChI is InChI=1S/C15H28N6/c1-5-9-17-12-10-13(19-14(16)18-12)21(4)11-15(20(2)3)7-6-8-15/h10H,5-9,11H2,1-4H3,(H3,16,17,18,19). The number of rotatable bonds is 7. The monoisotopic (exact) mass is 292 g/mol. The molecule has 118 valence electrons. The van der Waals surface area contributed by atoms with E-state index in [-0.39, 0.29) is 5.54 Å². The Morgan fingerprint density at radius 1 is 1.29 bits per heavy atom. The number of nitrogens with one attached hydrogen (secondary N) is 1. The maximum Gasteiger partial charge on any atom is 0.223 e. The Kier molecular flexibility index (Phi) is 4.88. The van der Waals surface area contributed by atoms with Gasteiger partial charge in [0.1, 0.15) is 11.6 Å². The number of nitrogens with two attached hydrogens (primary N) is 1. The van der Waals surface area contributed by atoms with Gasteiger partial charge < -0.3 is 20.9 Å². The van der Waals surface area contributed by atoms with Crippen LogP contribution in [0.4, 0.5) is 17.6 Å². The van der Waals surface area contributed by atoms with Crippen molar-refractivity contribution in [2.24, 2.45) is 0 Å². The first-order valence-electron chi connectivity index (χ1n) is 7.74. The first kappa shape index (κ1) is 15.8. The maximum atomic E-state index is 5.84. The Balaban J connectivity index is 2.11. The van der Waals surface area contributed by atoms with Crippen LogP contribution in [0.1, 0.15) is 32.6 Å². The third-order valence-electron chi connectivity index (χ3n) is 4.44. The largest absolute Gasteiger partial charge is 0.370 e. The van der Waals surface area contributed by atoms with E-state index in [1.54, 1.807) is 0 Å². The predicted molar refractivity (Wildman–Crippen MR) is 88.8 cm³/mol. The summed E-state index contributed by atoms with van der Waals surface area (Å²) in [6.45, 7) is 3.98. The minimum absolute atomic E-state index is 0.269. The van der Waals surface area contributed by atoms with Crippen molar-refractivity contribution in [3.63, 3.8) is 0 Å². The highest BCUT2D eigenvalue weighted by Crippen LogP contribution is 2.37. The lowest BCUT2D eigenvalue weighted by atomic mass is 9.75. The molecule has 1 fully saturated rings. The first-order chi connectivity index (χ1) is 9.97. The van der Waals surface area contributed by atoms with Crippen LogP contribution in [-0.2, 0) is 0 Å². The van der Waals surface area contributed by atoms with E-state index in [2.05, 4.69) is 53.2 Å². The van der Waals surface area contributed by atoms with Gasteiger partial charge in [0.05, 0.1) is 0 Å². The maximum absolute atomic E-state index is 5.84. The van der Waals surface area contributed by atoms with Crippen LogP contribution in [0, 0.1) is 0 Å². The van der Waals surface area contributed by atoms with Crippen LogP contribution in [0.25, 0.3) is 0 Å². The van der Waals surface area contributed by atoms with Crippen molar-refractivity contribution >= 4 is 17.6 Å². The molecule has 21 heavy (non-hydrogen) atoms. The van der Waals surface area contributed by atoms with E-state index >= 15 is 0 Å². The smallest absolute Gasteiger partial charge is 0.223 e. The molecule has 0 amide bonds. The van der Waals surface area contributed by atoms with Crippen molar-refractivity contribution in [2.45, 2.75) is 38.1 Å². The van der Waals surface area contributed by atoms with Gasteiger partial charge in [-0.2, -0.15) is 9.97 Å². The Hall–Kier alpha value is -1.56. The van der Waals surface area contributed by atoms with E-state index in [4.69, 9.17) is 5.73 Å². The van der Waals surface area contributed by atoms with Gasteiger partial charge in [-0.15, -0.1) is 0 Å². The molecule has 6 nitrogen and oxygen atoms in total. The molecule has 0 saturated heterocycles. The molecule has 2 rings (SSSR count). The molecule has 0 unspecified atom stereocenters. The Morgan fingerprint density at radius 2 is 2.00 bits per heavy atom. The third-order valence-corrected chi connectivity index (χ3v) is 4.44. The summed E-state index contributed by atoms with van der Waals surface area (Å²) in [5.41, 5.74) is 6.11. The van der Waals surface area contributed by atoms with Gasteiger partial charge in [0.25, 0.3) is 0 Å². The zero-order chi connectivity index (χ0) is 15.5. The molecule has 0 radical (unpaired) electrons. The van der Waals surface area contributed by atoms with Crippen LogP contribution in [0.15, 0.2) is 6.07 Å². The highest BCUT2D eigenvalue weighted by molar-refractivity contribution is 5.52. The number of aromatic nitrogens is 2. The molecular formula is C15H28N6. The first-order valence-corrected chi connectivity index (χ1v) is 7.74. The fraction of sp³-hybridized carbons (Fsp3) is 0.733. The lowest BCUT2D eigenvalue weighted by Crippen LogP contribution is -2.56. The topological polar surface area (TPSA) is 70.3 Å². The van der Waals surface area contributed by atoms with Crippen molar-refractivity contribution in [1.29, 1.82) is 0 Å². The van der Waals surface area contributed by atoms with Gasteiger partial charge in [-0.3, -0.25) is 0 Å². The number of hydrogen-bond acceptors (Lipinski definition) is 6. The summed E-state index contributed by atoms with van der Waals surface area (Å²) in [4.78, 5) is 13.1. The van der Waals surface area contributed by atoms with E-state index in [9.17, 15) is 0 Å². The molecule has 1 aromatic heterocycles. The number of nitrogen functional groups attached to an aromatic ring is 1. The predicted octanol–water partition coefficient (Wildman–Crippen LogP) is 1.80. The second-order valence-electron chi connectivity index (χ2n) is 6.22. The van der Waals surface area contributed by atoms with Crippen LogP contribution < -0.4 is 16.0 Å². The van der Waals surface area contributed by atoms with Crippen LogP contribution in [-0.4, -0.2) is 54.6 Å². The van der Waals surface area contributed by atoms with Crippen molar-refractivity contribution in [3.8, 4) is 0 Å². The molecule has 0 atom stereocenters. The fourth-order valence-electron chi connectivity index (χ4n) is 2.85. The van der Waals surface area contributed by atoms with Crippen LogP contribution in [0.3, 0.4) is 0 Å². The van der Waals surface area contributed by atoms with E-state index in [0.29, 0.717) is 5.95 Å². The zero-order valence-corrected chi connectivity index (χ0v) is 13.7. The highest BCUT2D eigenvalue weighted by atomic mass is 15.3. The van der Waals surface area contributed by atoms with Crippen molar-refractivity contribution in [3.05, 3.63) is 6.07 Å². The summed E-state index contributed by atoms with van der Waals surface area (Å²) in [5.74, 6) is 2.01. The second-order valence-corrected chi connectivity index (χ2v) is 6.22. The molecule has 0 aliphatic heterocycles. The van der Waals surface area contributed by atoms with Crippen molar-refractivity contribution in [1.82, 2.24) is 14.9 Å². The molecule has 0 aromatic carbocycles. The molecule has 1 aliphatic rings. The number of nitrogens with zero attached hydrogens (tertiary/aromatic N) is 4. The molecule has 1 heterocycles. The molecule has 6 heteroatoms. The highest BCUT2D eigenvalue weighted by Gasteiger charge is 2.40. The van der Waals surface area contributed by atoms with Crippen LogP contribution in [0.2, 0.25) is 0 Å². The van der Waals surface area contributed by atoms with E-state index in [0.717, 1.165) is 31.1 Å². The summed E-state index contributed by atoms with van der Waals surface area (Å²) < 4.78 is 0. The van der Waals surface area contributed by atoms with E-state index in [1.807, 2.05) is 6.07 Å². The van der Waals surface area contributed by atoms with Crippen LogP contribution in [0.5, 0.6) is 0 Å². The van der Waals surface area contributed by atoms with Crippen molar-refractivity contribution < 1.29 is 0 Å². The Labute approximate surface area is 127 Å². The van der Waals surface area contributed by atoms with Gasteiger partial charge in [0.15, 0.2) is 0 Å². The second kappa shape index (κ2) is 6.47. The molecule has 0 spiro atoms. The molecule has 1 saturated carbocycles. The molecule has 3 N–H and O–H groups in total. The summed E-state index contributed by atoms with van der Waals surface area (Å²) in [7, 11) is 6.40. The number of hydrogen-bond donors (Lipinski definition) is 2. The minimum Gasteiger partial charge on any atom is -0.370 e. The van der Waals surface area contributed by atoms with E-state index < -0.39 is 0 Å². The minimum atomic E-state index is 0.269. The number of likely N-dealkylation sites (N-methyl/N-ethyl adjacent to an activating group) is 2. The quantitative estimate of drug-likeness (QED) is 0.798. The lowest BCUT2D eigenvalue weighted by molar-refractivity contribution is 0.0682. The zero-order valence-electron chi connectivity index (χ0n) is 13.7. The van der Waals surface area contributed by atoms with Gasteiger partial charge in [-0.25, -0.2) is 0 Å². The van der Waals surface area contributed by atoms with Gasteiger partial charge >= 0.3 is 0 Å². The normalized spacial score (nSPS) is 16.6. The molecule has 1 aliphatic carbocycles. The third kappa shape index (κ3) is 3.56. The molecular weight excluding hydrogens is 264 g/mol. The van der Waals surface area contributed by atoms with Crippen molar-refractivity contribution in [2.75, 3.05) is 50.2 Å². The number of anilines is 3. The summed E-state index contributed by atoms with van der Waals surface area (Å²) in [6, 6.07) is 1.98. The summed E-state index contributed by atoms with van der Waals surface area (Å²) >= 11 is 0. The average Bonchev–Trinajstić information content (AvgIpc) is 2.39. The summed E-state index contributed by atoms with van der Waals surface area (Å²) in [5, 5.41) is 3.28. The van der Waals surface area contributed by atoms with Crippen LogP contribution >= 0.6 is 0 Å².